The van der Waals surface area contributed by atoms with Gasteiger partial charge in [-0.3, -0.25) is 5.10 Å². The van der Waals surface area contributed by atoms with Crippen LogP contribution in [0.3, 0.4) is 0 Å². The molecule has 21 heavy (non-hydrogen) atoms. The predicted molar refractivity (Wildman–Crippen MR) is 76.8 cm³/mol. The molecule has 3 aromatic rings. The largest absolute Gasteiger partial charge is 0.480 e. The summed E-state index contributed by atoms with van der Waals surface area (Å²) < 4.78 is 11.1. The highest BCUT2D eigenvalue weighted by atomic mass is 32.2. The van der Waals surface area contributed by atoms with E-state index in [-0.39, 0.29) is 6.10 Å². The number of nitrogens with one attached hydrogen (secondary N) is 1. The van der Waals surface area contributed by atoms with Crippen molar-refractivity contribution < 1.29 is 9.26 Å². The third kappa shape index (κ3) is 2.23. The number of nitrogens with zero attached hydrogens (tertiary/aromatic N) is 3. The lowest BCUT2D eigenvalue weighted by Gasteiger charge is -2.22. The Bertz CT molecular complexity index is 784. The molecular weight excluding hydrogens is 290 g/mol. The van der Waals surface area contributed by atoms with Gasteiger partial charge < -0.3 is 15.0 Å². The van der Waals surface area contributed by atoms with Crippen LogP contribution >= 0.6 is 11.8 Å². The van der Waals surface area contributed by atoms with Gasteiger partial charge in [0.1, 0.15) is 17.3 Å². The van der Waals surface area contributed by atoms with Gasteiger partial charge in [-0.05, 0) is 12.1 Å². The molecule has 0 saturated heterocycles. The highest BCUT2D eigenvalue weighted by Crippen LogP contribution is 2.39. The lowest BCUT2D eigenvalue weighted by Crippen LogP contribution is -2.16. The minimum Gasteiger partial charge on any atom is -0.480 e. The maximum Gasteiger partial charge on any atom is 0.276 e. The second kappa shape index (κ2) is 4.81. The first kappa shape index (κ1) is 12.3. The molecule has 0 aliphatic carbocycles. The number of fused-ring (bicyclic) bond motifs is 1. The zero-order valence-electron chi connectivity index (χ0n) is 10.8. The molecule has 0 radical (unpaired) electrons. The van der Waals surface area contributed by atoms with Crippen LogP contribution in [0.25, 0.3) is 11.6 Å². The van der Waals surface area contributed by atoms with Crippen molar-refractivity contribution in [2.24, 2.45) is 0 Å². The van der Waals surface area contributed by atoms with Crippen molar-refractivity contribution >= 4 is 17.6 Å². The summed E-state index contributed by atoms with van der Waals surface area (Å²) in [7, 11) is 0. The molecule has 1 atom stereocenters. The van der Waals surface area contributed by atoms with Crippen LogP contribution in [-0.4, -0.2) is 26.1 Å². The van der Waals surface area contributed by atoms with Gasteiger partial charge in [-0.2, -0.15) is 10.1 Å². The number of H-pyrrole nitrogens is 1. The summed E-state index contributed by atoms with van der Waals surface area (Å²) in [6, 6.07) is 9.54. The number of nitrogens with two attached hydrogens (primary N) is 1. The van der Waals surface area contributed by atoms with Gasteiger partial charge >= 0.3 is 0 Å². The first-order valence-electron chi connectivity index (χ1n) is 6.33. The molecule has 1 aliphatic rings. The molecule has 106 valence electrons. The van der Waals surface area contributed by atoms with Gasteiger partial charge in [-0.1, -0.05) is 17.3 Å². The first-order chi connectivity index (χ1) is 10.3. The Morgan fingerprint density at radius 2 is 2.24 bits per heavy atom. The van der Waals surface area contributed by atoms with E-state index in [0.29, 0.717) is 23.2 Å². The summed E-state index contributed by atoms with van der Waals surface area (Å²) in [5.41, 5.74) is 6.15. The minimum atomic E-state index is -0.234. The van der Waals surface area contributed by atoms with Crippen molar-refractivity contribution in [2.45, 2.75) is 11.0 Å². The summed E-state index contributed by atoms with van der Waals surface area (Å²) in [6.07, 6.45) is -0.234. The predicted octanol–water partition coefficient (Wildman–Crippen LogP) is 2.27. The molecule has 0 bridgehead atoms. The molecule has 3 N–H and O–H groups in total. The molecule has 0 fully saturated rings. The van der Waals surface area contributed by atoms with Gasteiger partial charge in [0, 0.05) is 16.7 Å². The van der Waals surface area contributed by atoms with E-state index in [9.17, 15) is 0 Å². The minimum absolute atomic E-state index is 0.234. The fraction of sp³-hybridized carbons (Fsp3) is 0.154. The smallest absolute Gasteiger partial charge is 0.276 e. The Balaban J connectivity index is 1.60. The molecule has 1 unspecified atom stereocenters. The first-order valence-corrected chi connectivity index (χ1v) is 7.31. The number of aromatic nitrogens is 4. The average molecular weight is 301 g/mol. The van der Waals surface area contributed by atoms with Gasteiger partial charge in [0.15, 0.2) is 6.10 Å². The van der Waals surface area contributed by atoms with Gasteiger partial charge in [0.05, 0.1) is 0 Å². The maximum atomic E-state index is 5.92. The number of nitrogen functional groups attached to an aromatic ring is 1. The Kier molecular flexibility index (Phi) is 2.81. The number of rotatable bonds is 2. The third-order valence-electron chi connectivity index (χ3n) is 3.07. The van der Waals surface area contributed by atoms with Crippen LogP contribution < -0.4 is 10.5 Å². The van der Waals surface area contributed by atoms with Crippen molar-refractivity contribution in [1.29, 1.82) is 0 Å². The quantitative estimate of drug-likeness (QED) is 0.748. The highest BCUT2D eigenvalue weighted by molar-refractivity contribution is 7.99. The number of hydrogen-bond donors (Lipinski definition) is 2. The summed E-state index contributed by atoms with van der Waals surface area (Å²) in [4.78, 5) is 5.47. The average Bonchev–Trinajstić information content (AvgIpc) is 3.15. The fourth-order valence-corrected chi connectivity index (χ4v) is 3.05. The number of aromatic amines is 1. The van der Waals surface area contributed by atoms with E-state index < -0.39 is 0 Å². The Morgan fingerprint density at radius 3 is 3.10 bits per heavy atom. The number of hydrogen-bond acceptors (Lipinski definition) is 7. The number of anilines is 1. The van der Waals surface area contributed by atoms with Gasteiger partial charge in [-0.25, -0.2) is 0 Å². The number of thioether (sulfide) groups is 1. The molecule has 2 aromatic heterocycles. The number of ether oxygens (including phenoxy) is 1. The topological polar surface area (TPSA) is 103 Å². The SMILES string of the molecule is Nc1cc(-c2nc(C3CSc4ccccc4O3)no2)[nH]n1. The van der Waals surface area contributed by atoms with Crippen LogP contribution in [0.2, 0.25) is 0 Å². The zero-order valence-corrected chi connectivity index (χ0v) is 11.6. The van der Waals surface area contributed by atoms with E-state index in [4.69, 9.17) is 15.0 Å². The van der Waals surface area contributed by atoms with Gasteiger partial charge in [0.2, 0.25) is 5.82 Å². The van der Waals surface area contributed by atoms with Crippen molar-refractivity contribution in [1.82, 2.24) is 20.3 Å². The Hall–Kier alpha value is -2.48. The second-order valence-corrected chi connectivity index (χ2v) is 5.59. The number of benzene rings is 1. The molecule has 1 aromatic carbocycles. The summed E-state index contributed by atoms with van der Waals surface area (Å²) in [5.74, 6) is 2.82. The van der Waals surface area contributed by atoms with E-state index in [1.807, 2.05) is 24.3 Å². The Morgan fingerprint density at radius 1 is 1.33 bits per heavy atom. The van der Waals surface area contributed by atoms with Crippen LogP contribution in [0, 0.1) is 0 Å². The summed E-state index contributed by atoms with van der Waals surface area (Å²) in [5, 5.41) is 10.6. The van der Waals surface area contributed by atoms with E-state index in [1.54, 1.807) is 17.8 Å². The number of para-hydroxylation sites is 1. The van der Waals surface area contributed by atoms with E-state index in [2.05, 4.69) is 20.3 Å². The van der Waals surface area contributed by atoms with Crippen LogP contribution in [0.15, 0.2) is 39.8 Å². The Labute approximate surface area is 123 Å². The molecule has 7 nitrogen and oxygen atoms in total. The van der Waals surface area contributed by atoms with Crippen LogP contribution in [0.4, 0.5) is 5.82 Å². The van der Waals surface area contributed by atoms with Crippen molar-refractivity contribution in [3.63, 3.8) is 0 Å². The fourth-order valence-electron chi connectivity index (χ4n) is 2.07. The molecule has 3 heterocycles. The lowest BCUT2D eigenvalue weighted by molar-refractivity contribution is 0.205. The molecule has 8 heteroatoms. The summed E-state index contributed by atoms with van der Waals surface area (Å²) in [6.45, 7) is 0. The monoisotopic (exact) mass is 301 g/mol. The van der Waals surface area contributed by atoms with Crippen molar-refractivity contribution in [3.05, 3.63) is 36.2 Å². The normalized spacial score (nSPS) is 17.2. The third-order valence-corrected chi connectivity index (χ3v) is 4.18. The lowest BCUT2D eigenvalue weighted by atomic mass is 10.3. The van der Waals surface area contributed by atoms with Gasteiger partial charge in [-0.15, -0.1) is 11.8 Å². The molecule has 1 aliphatic heterocycles. The van der Waals surface area contributed by atoms with Crippen LogP contribution in [0.5, 0.6) is 5.75 Å². The molecule has 0 saturated carbocycles. The van der Waals surface area contributed by atoms with Gasteiger partial charge in [0.25, 0.3) is 5.89 Å². The van der Waals surface area contributed by atoms with E-state index in [1.165, 1.54) is 0 Å². The van der Waals surface area contributed by atoms with Crippen LogP contribution in [0.1, 0.15) is 11.9 Å². The molecule has 0 amide bonds. The van der Waals surface area contributed by atoms with Crippen LogP contribution in [-0.2, 0) is 0 Å². The highest BCUT2D eigenvalue weighted by Gasteiger charge is 2.26. The second-order valence-electron chi connectivity index (χ2n) is 4.53. The molecule has 4 rings (SSSR count). The van der Waals surface area contributed by atoms with Crippen molar-refractivity contribution in [3.8, 4) is 17.3 Å². The van der Waals surface area contributed by atoms with E-state index in [0.717, 1.165) is 16.4 Å². The standard InChI is InChI=1S/C13H11N5O2S/c14-11-5-7(16-17-11)13-15-12(18-20-13)9-6-21-10-4-2-1-3-8(10)19-9/h1-5,9H,6H2,(H3,14,16,17). The maximum absolute atomic E-state index is 5.92. The summed E-state index contributed by atoms with van der Waals surface area (Å²) >= 11 is 1.71. The molecule has 0 spiro atoms. The zero-order chi connectivity index (χ0) is 14.2. The van der Waals surface area contributed by atoms with Crippen molar-refractivity contribution in [2.75, 3.05) is 11.5 Å². The van der Waals surface area contributed by atoms with E-state index >= 15 is 0 Å². The molecular formula is C13H11N5O2S.